The predicted octanol–water partition coefficient (Wildman–Crippen LogP) is 2.75. The molecule has 1 aliphatic rings. The van der Waals surface area contributed by atoms with Crippen molar-refractivity contribution in [3.63, 3.8) is 0 Å². The molecule has 4 N–H and O–H groups in total. The molecule has 5 heteroatoms. The van der Waals surface area contributed by atoms with E-state index >= 15 is 0 Å². The number of rotatable bonds is 4. The number of nitrogens with zero attached hydrogens (tertiary/aromatic N) is 1. The van der Waals surface area contributed by atoms with Gasteiger partial charge in [-0.3, -0.25) is 0 Å². The summed E-state index contributed by atoms with van der Waals surface area (Å²) in [5, 5.41) is 22.9. The number of hydrogen-bond acceptors (Lipinski definition) is 4. The van der Waals surface area contributed by atoms with Crippen molar-refractivity contribution >= 4 is 17.3 Å². The van der Waals surface area contributed by atoms with Crippen LogP contribution in [0, 0.1) is 11.3 Å². The molecule has 0 radical (unpaired) electrons. The maximum Gasteiger partial charge on any atom is 0.101 e. The second-order valence-electron chi connectivity index (χ2n) is 5.33. The first-order valence-electron chi connectivity index (χ1n) is 7.02. The molecule has 0 bridgehead atoms. The third-order valence-corrected chi connectivity index (χ3v) is 4.17. The summed E-state index contributed by atoms with van der Waals surface area (Å²) in [6.07, 6.45) is 5.46. The topological polar surface area (TPSA) is 82.1 Å². The highest BCUT2D eigenvalue weighted by Crippen LogP contribution is 2.27. The number of nitrogens with two attached hydrogens (primary N) is 1. The molecule has 20 heavy (non-hydrogen) atoms. The summed E-state index contributed by atoms with van der Waals surface area (Å²) in [6, 6.07) is 5.72. The number of aliphatic hydroxyl groups excluding tert-OH is 1. The van der Waals surface area contributed by atoms with Gasteiger partial charge in [-0.15, -0.1) is 0 Å². The van der Waals surface area contributed by atoms with Gasteiger partial charge >= 0.3 is 0 Å². The molecule has 4 nitrogen and oxygen atoms in total. The summed E-state index contributed by atoms with van der Waals surface area (Å²) < 4.78 is 0. The zero-order valence-electron chi connectivity index (χ0n) is 11.4. The van der Waals surface area contributed by atoms with Gasteiger partial charge in [0.1, 0.15) is 6.07 Å². The van der Waals surface area contributed by atoms with Crippen LogP contribution in [0.3, 0.4) is 0 Å². The van der Waals surface area contributed by atoms with Gasteiger partial charge in [0.05, 0.1) is 22.4 Å². The molecule has 1 saturated carbocycles. The van der Waals surface area contributed by atoms with E-state index in [4.69, 9.17) is 22.6 Å². The van der Waals surface area contributed by atoms with Crippen LogP contribution in [0.2, 0.25) is 5.02 Å². The van der Waals surface area contributed by atoms with Crippen molar-refractivity contribution in [3.8, 4) is 6.07 Å². The van der Waals surface area contributed by atoms with E-state index in [1.165, 1.54) is 32.1 Å². The molecule has 1 aliphatic carbocycles. The Kier molecular flexibility index (Phi) is 5.24. The van der Waals surface area contributed by atoms with Crippen molar-refractivity contribution in [1.29, 1.82) is 5.26 Å². The number of hydrogen-bond donors (Lipinski definition) is 3. The lowest BCUT2D eigenvalue weighted by Crippen LogP contribution is -2.34. The van der Waals surface area contributed by atoms with Gasteiger partial charge < -0.3 is 16.2 Å². The Hall–Kier alpha value is -1.28. The average molecular weight is 294 g/mol. The van der Waals surface area contributed by atoms with E-state index in [-0.39, 0.29) is 5.69 Å². The highest BCUT2D eigenvalue weighted by Gasteiger charge is 2.16. The van der Waals surface area contributed by atoms with Crippen molar-refractivity contribution in [2.24, 2.45) is 0 Å². The van der Waals surface area contributed by atoms with Crippen LogP contribution in [-0.4, -0.2) is 17.7 Å². The molecular formula is C15H20ClN3O. The highest BCUT2D eigenvalue weighted by atomic mass is 35.5. The number of aliphatic hydroxyl groups is 1. The Labute approximate surface area is 124 Å². The Morgan fingerprint density at radius 1 is 1.40 bits per heavy atom. The largest absolute Gasteiger partial charge is 0.396 e. The summed E-state index contributed by atoms with van der Waals surface area (Å²) in [4.78, 5) is 0. The molecular weight excluding hydrogens is 274 g/mol. The van der Waals surface area contributed by atoms with Crippen molar-refractivity contribution in [2.45, 2.75) is 44.2 Å². The molecule has 0 spiro atoms. The van der Waals surface area contributed by atoms with Gasteiger partial charge in [0, 0.05) is 12.6 Å². The molecule has 0 saturated heterocycles. The Morgan fingerprint density at radius 2 is 2.10 bits per heavy atom. The molecule has 2 rings (SSSR count). The van der Waals surface area contributed by atoms with Crippen LogP contribution in [0.25, 0.3) is 0 Å². The monoisotopic (exact) mass is 293 g/mol. The normalized spacial score (nSPS) is 17.6. The molecule has 0 amide bonds. The molecule has 108 valence electrons. The fraction of sp³-hybridized carbons (Fsp3) is 0.533. The molecule has 0 heterocycles. The number of nitriles is 1. The van der Waals surface area contributed by atoms with E-state index in [9.17, 15) is 5.11 Å². The summed E-state index contributed by atoms with van der Waals surface area (Å²) in [5.74, 6) is 0. The number of anilines is 1. The molecule has 1 unspecified atom stereocenters. The van der Waals surface area contributed by atoms with E-state index in [1.54, 1.807) is 12.1 Å². The van der Waals surface area contributed by atoms with Crippen LogP contribution in [0.4, 0.5) is 5.69 Å². The maximum absolute atomic E-state index is 10.2. The molecule has 0 aromatic heterocycles. The SMILES string of the molecule is N#Cc1cc(C(O)CNC2CCCCC2)cc(Cl)c1N. The first-order valence-corrected chi connectivity index (χ1v) is 7.40. The van der Waals surface area contributed by atoms with Gasteiger partial charge in [0.15, 0.2) is 0 Å². The number of halogens is 1. The lowest BCUT2D eigenvalue weighted by atomic mass is 9.95. The molecule has 1 aromatic carbocycles. The van der Waals surface area contributed by atoms with Crippen molar-refractivity contribution < 1.29 is 5.11 Å². The molecule has 1 fully saturated rings. The zero-order valence-corrected chi connectivity index (χ0v) is 12.2. The van der Waals surface area contributed by atoms with Gasteiger partial charge in [0.2, 0.25) is 0 Å². The van der Waals surface area contributed by atoms with E-state index in [0.717, 1.165) is 0 Å². The maximum atomic E-state index is 10.2. The first-order chi connectivity index (χ1) is 9.61. The standard InChI is InChI=1S/C15H20ClN3O/c16-13-7-10(6-11(8-17)15(13)18)14(20)9-19-12-4-2-1-3-5-12/h6-7,12,14,19-20H,1-5,9,18H2. The number of nitrogen functional groups attached to an aromatic ring is 1. The smallest absolute Gasteiger partial charge is 0.101 e. The fourth-order valence-electron chi connectivity index (χ4n) is 2.63. The number of nitrogens with one attached hydrogen (secondary N) is 1. The minimum Gasteiger partial charge on any atom is -0.396 e. The lowest BCUT2D eigenvalue weighted by molar-refractivity contribution is 0.165. The summed E-state index contributed by atoms with van der Waals surface area (Å²) in [7, 11) is 0. The summed E-state index contributed by atoms with van der Waals surface area (Å²) in [6.45, 7) is 0.468. The van der Waals surface area contributed by atoms with E-state index in [1.807, 2.05) is 6.07 Å². The van der Waals surface area contributed by atoms with Gasteiger partial charge in [0.25, 0.3) is 0 Å². The van der Waals surface area contributed by atoms with Crippen LogP contribution >= 0.6 is 11.6 Å². The quantitative estimate of drug-likeness (QED) is 0.746. The average Bonchev–Trinajstić information content (AvgIpc) is 2.48. The second kappa shape index (κ2) is 6.94. The van der Waals surface area contributed by atoms with Gasteiger partial charge in [-0.1, -0.05) is 30.9 Å². The lowest BCUT2D eigenvalue weighted by Gasteiger charge is -2.24. The third-order valence-electron chi connectivity index (χ3n) is 3.86. The predicted molar refractivity (Wildman–Crippen MR) is 80.4 cm³/mol. The van der Waals surface area contributed by atoms with Crippen LogP contribution < -0.4 is 11.1 Å². The van der Waals surface area contributed by atoms with Crippen LogP contribution in [0.1, 0.15) is 49.3 Å². The van der Waals surface area contributed by atoms with E-state index < -0.39 is 6.10 Å². The fourth-order valence-corrected chi connectivity index (χ4v) is 2.85. The minimum atomic E-state index is -0.679. The second-order valence-corrected chi connectivity index (χ2v) is 5.74. The Morgan fingerprint density at radius 3 is 2.75 bits per heavy atom. The zero-order chi connectivity index (χ0) is 14.5. The minimum absolute atomic E-state index is 0.269. The van der Waals surface area contributed by atoms with Gasteiger partial charge in [-0.05, 0) is 30.5 Å². The first kappa shape index (κ1) is 15.1. The van der Waals surface area contributed by atoms with Crippen LogP contribution in [-0.2, 0) is 0 Å². The van der Waals surface area contributed by atoms with Crippen molar-refractivity contribution in [3.05, 3.63) is 28.3 Å². The number of benzene rings is 1. The highest BCUT2D eigenvalue weighted by molar-refractivity contribution is 6.33. The van der Waals surface area contributed by atoms with E-state index in [0.29, 0.717) is 28.7 Å². The molecule has 1 atom stereocenters. The van der Waals surface area contributed by atoms with E-state index in [2.05, 4.69) is 5.32 Å². The van der Waals surface area contributed by atoms with Gasteiger partial charge in [-0.25, -0.2) is 0 Å². The molecule has 0 aliphatic heterocycles. The van der Waals surface area contributed by atoms with Crippen molar-refractivity contribution in [1.82, 2.24) is 5.32 Å². The van der Waals surface area contributed by atoms with Crippen molar-refractivity contribution in [2.75, 3.05) is 12.3 Å². The van der Waals surface area contributed by atoms with Crippen LogP contribution in [0.5, 0.6) is 0 Å². The molecule has 1 aromatic rings. The van der Waals surface area contributed by atoms with Crippen LogP contribution in [0.15, 0.2) is 12.1 Å². The Bertz CT molecular complexity index is 507. The third kappa shape index (κ3) is 3.63. The Balaban J connectivity index is 2.00. The summed E-state index contributed by atoms with van der Waals surface area (Å²) >= 11 is 5.98. The summed E-state index contributed by atoms with van der Waals surface area (Å²) in [5.41, 5.74) is 6.91. The van der Waals surface area contributed by atoms with Gasteiger partial charge in [-0.2, -0.15) is 5.26 Å².